The van der Waals surface area contributed by atoms with Gasteiger partial charge in [-0.3, -0.25) is 0 Å². The highest BCUT2D eigenvalue weighted by Crippen LogP contribution is 2.23. The molecule has 2 aromatic carbocycles. The molecular weight excluding hydrogens is 388 g/mol. The number of aliphatic imine (C=N–C) groups is 1. The van der Waals surface area contributed by atoms with E-state index >= 15 is 0 Å². The van der Waals surface area contributed by atoms with Gasteiger partial charge in [0.2, 0.25) is 0 Å². The Kier molecular flexibility index (Phi) is 8.18. The molecule has 1 fully saturated rings. The molecule has 168 valence electrons. The molecule has 0 spiro atoms. The molecule has 31 heavy (non-hydrogen) atoms. The van der Waals surface area contributed by atoms with Crippen molar-refractivity contribution in [3.8, 4) is 5.75 Å². The lowest BCUT2D eigenvalue weighted by atomic mass is 10.1. The van der Waals surface area contributed by atoms with Crippen LogP contribution in [0, 0.1) is 0 Å². The second-order valence-corrected chi connectivity index (χ2v) is 8.64. The first-order chi connectivity index (χ1) is 14.9. The van der Waals surface area contributed by atoms with Gasteiger partial charge in [-0.2, -0.15) is 0 Å². The van der Waals surface area contributed by atoms with Gasteiger partial charge in [-0.25, -0.2) is 4.99 Å². The normalized spacial score (nSPS) is 15.0. The molecule has 0 atom stereocenters. The molecule has 1 saturated heterocycles. The fraction of sp³-hybridized carbons (Fsp3) is 0.480. The first-order valence-electron chi connectivity index (χ1n) is 11.2. The summed E-state index contributed by atoms with van der Waals surface area (Å²) in [4.78, 5) is 7.13. The van der Waals surface area contributed by atoms with E-state index in [1.807, 2.05) is 18.2 Å². The van der Waals surface area contributed by atoms with Gasteiger partial charge in [0.05, 0.1) is 19.8 Å². The third-order valence-electron chi connectivity index (χ3n) is 4.91. The Morgan fingerprint density at radius 3 is 2.42 bits per heavy atom. The number of nitrogens with zero attached hydrogens (tertiary/aromatic N) is 2. The average molecular weight is 425 g/mol. The number of para-hydroxylation sites is 1. The van der Waals surface area contributed by atoms with Crippen molar-refractivity contribution in [3.05, 3.63) is 59.7 Å². The molecule has 6 nitrogen and oxygen atoms in total. The molecule has 0 unspecified atom stereocenters. The molecule has 2 aromatic rings. The predicted molar refractivity (Wildman–Crippen MR) is 128 cm³/mol. The zero-order chi connectivity index (χ0) is 22.1. The fourth-order valence-corrected chi connectivity index (χ4v) is 3.40. The second-order valence-electron chi connectivity index (χ2n) is 8.64. The number of hydrogen-bond donors (Lipinski definition) is 2. The van der Waals surface area contributed by atoms with Crippen molar-refractivity contribution in [2.24, 2.45) is 4.99 Å². The minimum Gasteiger partial charge on any atom is -0.488 e. The van der Waals surface area contributed by atoms with Crippen LogP contribution in [0.5, 0.6) is 5.75 Å². The Hall–Kier alpha value is -2.73. The van der Waals surface area contributed by atoms with E-state index in [9.17, 15) is 0 Å². The molecule has 0 radical (unpaired) electrons. The van der Waals surface area contributed by atoms with Gasteiger partial charge in [-0.15, -0.1) is 0 Å². The maximum atomic E-state index is 6.10. The van der Waals surface area contributed by atoms with Crippen LogP contribution < -0.4 is 20.3 Å². The summed E-state index contributed by atoms with van der Waals surface area (Å²) in [5, 5.41) is 6.76. The van der Waals surface area contributed by atoms with Gasteiger partial charge in [-0.1, -0.05) is 30.3 Å². The highest BCUT2D eigenvalue weighted by atomic mass is 16.5. The van der Waals surface area contributed by atoms with Crippen LogP contribution in [0.4, 0.5) is 5.69 Å². The maximum absolute atomic E-state index is 6.10. The summed E-state index contributed by atoms with van der Waals surface area (Å²) in [5.41, 5.74) is 3.31. The fourth-order valence-electron chi connectivity index (χ4n) is 3.40. The van der Waals surface area contributed by atoms with Crippen molar-refractivity contribution >= 4 is 11.6 Å². The summed E-state index contributed by atoms with van der Waals surface area (Å²) in [6.45, 7) is 13.8. The topological polar surface area (TPSA) is 58.1 Å². The van der Waals surface area contributed by atoms with Crippen molar-refractivity contribution in [1.82, 2.24) is 10.6 Å². The number of morpholine rings is 1. The standard InChI is InChI=1S/C25H36N4O2/c1-5-26-24(28-19-21-8-6-7-9-23(21)31-25(2,3)4)27-18-20-10-12-22(13-11-20)29-14-16-30-17-15-29/h6-13H,5,14-19H2,1-4H3,(H2,26,27,28). The summed E-state index contributed by atoms with van der Waals surface area (Å²) in [6.07, 6.45) is 0. The summed E-state index contributed by atoms with van der Waals surface area (Å²) < 4.78 is 11.5. The minimum absolute atomic E-state index is 0.234. The van der Waals surface area contributed by atoms with E-state index in [1.54, 1.807) is 0 Å². The molecule has 1 heterocycles. The first-order valence-corrected chi connectivity index (χ1v) is 11.2. The van der Waals surface area contributed by atoms with Gasteiger partial charge >= 0.3 is 0 Å². The minimum atomic E-state index is -0.234. The van der Waals surface area contributed by atoms with Crippen LogP contribution in [0.15, 0.2) is 53.5 Å². The zero-order valence-electron chi connectivity index (χ0n) is 19.3. The number of nitrogens with one attached hydrogen (secondary N) is 2. The van der Waals surface area contributed by atoms with E-state index in [0.717, 1.165) is 50.1 Å². The molecule has 0 saturated carbocycles. The van der Waals surface area contributed by atoms with Gasteiger partial charge in [-0.05, 0) is 51.5 Å². The van der Waals surface area contributed by atoms with Crippen LogP contribution in [0.2, 0.25) is 0 Å². The van der Waals surface area contributed by atoms with Crippen molar-refractivity contribution in [2.45, 2.75) is 46.4 Å². The summed E-state index contributed by atoms with van der Waals surface area (Å²) in [7, 11) is 0. The van der Waals surface area contributed by atoms with E-state index in [2.05, 4.69) is 73.6 Å². The third-order valence-corrected chi connectivity index (χ3v) is 4.91. The van der Waals surface area contributed by atoms with Gasteiger partial charge in [0.15, 0.2) is 5.96 Å². The number of hydrogen-bond acceptors (Lipinski definition) is 4. The van der Waals surface area contributed by atoms with Gasteiger partial charge < -0.3 is 25.0 Å². The lowest BCUT2D eigenvalue weighted by Gasteiger charge is -2.28. The Labute approximate surface area is 186 Å². The molecule has 6 heteroatoms. The molecule has 1 aliphatic heterocycles. The van der Waals surface area contributed by atoms with Crippen molar-refractivity contribution in [3.63, 3.8) is 0 Å². The maximum Gasteiger partial charge on any atom is 0.191 e. The SMILES string of the molecule is CCNC(=NCc1ccc(N2CCOCC2)cc1)NCc1ccccc1OC(C)(C)C. The Balaban J connectivity index is 1.60. The monoisotopic (exact) mass is 424 g/mol. The van der Waals surface area contributed by atoms with E-state index in [1.165, 1.54) is 11.3 Å². The molecule has 0 aliphatic carbocycles. The van der Waals surface area contributed by atoms with Gasteiger partial charge in [0.1, 0.15) is 11.4 Å². The van der Waals surface area contributed by atoms with E-state index in [0.29, 0.717) is 13.1 Å². The zero-order valence-corrected chi connectivity index (χ0v) is 19.3. The first kappa shape index (κ1) is 22.9. The Bertz CT molecular complexity index is 837. The molecule has 2 N–H and O–H groups in total. The number of ether oxygens (including phenoxy) is 2. The van der Waals surface area contributed by atoms with E-state index < -0.39 is 0 Å². The van der Waals surface area contributed by atoms with Crippen LogP contribution in [0.3, 0.4) is 0 Å². The molecular formula is C25H36N4O2. The van der Waals surface area contributed by atoms with Gasteiger partial charge in [0.25, 0.3) is 0 Å². The number of anilines is 1. The lowest BCUT2D eigenvalue weighted by Crippen LogP contribution is -2.37. The van der Waals surface area contributed by atoms with Crippen LogP contribution >= 0.6 is 0 Å². The Morgan fingerprint density at radius 2 is 1.74 bits per heavy atom. The summed E-state index contributed by atoms with van der Waals surface area (Å²) in [6, 6.07) is 16.8. The molecule has 0 bridgehead atoms. The Morgan fingerprint density at radius 1 is 1.03 bits per heavy atom. The van der Waals surface area contributed by atoms with Crippen LogP contribution in [0.25, 0.3) is 0 Å². The van der Waals surface area contributed by atoms with E-state index in [4.69, 9.17) is 14.5 Å². The lowest BCUT2D eigenvalue weighted by molar-refractivity contribution is 0.122. The molecule has 0 amide bonds. The highest BCUT2D eigenvalue weighted by Gasteiger charge is 2.14. The number of rotatable bonds is 7. The largest absolute Gasteiger partial charge is 0.488 e. The van der Waals surface area contributed by atoms with Crippen LogP contribution in [-0.2, 0) is 17.8 Å². The van der Waals surface area contributed by atoms with E-state index in [-0.39, 0.29) is 5.60 Å². The second kappa shape index (κ2) is 11.0. The third kappa shape index (κ3) is 7.47. The van der Waals surface area contributed by atoms with Crippen molar-refractivity contribution in [2.75, 3.05) is 37.7 Å². The van der Waals surface area contributed by atoms with Crippen LogP contribution in [-0.4, -0.2) is 44.4 Å². The predicted octanol–water partition coefficient (Wildman–Crippen LogP) is 3.96. The average Bonchev–Trinajstić information content (AvgIpc) is 2.76. The molecule has 3 rings (SSSR count). The number of guanidine groups is 1. The summed E-state index contributed by atoms with van der Waals surface area (Å²) >= 11 is 0. The van der Waals surface area contributed by atoms with Crippen LogP contribution in [0.1, 0.15) is 38.8 Å². The number of benzene rings is 2. The quantitative estimate of drug-likeness (QED) is 0.521. The highest BCUT2D eigenvalue weighted by molar-refractivity contribution is 5.79. The smallest absolute Gasteiger partial charge is 0.191 e. The van der Waals surface area contributed by atoms with Gasteiger partial charge in [0, 0.05) is 37.4 Å². The van der Waals surface area contributed by atoms with Crippen molar-refractivity contribution in [1.29, 1.82) is 0 Å². The summed E-state index contributed by atoms with van der Waals surface area (Å²) in [5.74, 6) is 1.70. The molecule has 0 aromatic heterocycles. The van der Waals surface area contributed by atoms with Crippen molar-refractivity contribution < 1.29 is 9.47 Å². The molecule has 1 aliphatic rings.